The molecule has 0 radical (unpaired) electrons. The predicted octanol–water partition coefficient (Wildman–Crippen LogP) is 3.56. The first-order valence-electron chi connectivity index (χ1n) is 14.1. The normalized spacial score (nSPS) is 22.8. The average molecular weight is 676 g/mol. The van der Waals surface area contributed by atoms with Crippen LogP contribution in [0.5, 0.6) is 0 Å². The van der Waals surface area contributed by atoms with Crippen molar-refractivity contribution in [2.45, 2.75) is 55.9 Å². The number of nitrogens with one attached hydrogen (secondary N) is 2. The van der Waals surface area contributed by atoms with Crippen LogP contribution < -0.4 is 16.4 Å². The highest BCUT2D eigenvalue weighted by Gasteiger charge is 2.39. The summed E-state index contributed by atoms with van der Waals surface area (Å²) in [5.41, 5.74) is 4.98. The number of nitrogens with two attached hydrogens (primary N) is 1. The van der Waals surface area contributed by atoms with E-state index in [0.717, 1.165) is 31.8 Å². The summed E-state index contributed by atoms with van der Waals surface area (Å²) in [4.78, 5) is 17.3. The highest BCUT2D eigenvalue weighted by molar-refractivity contribution is 7.89. The highest BCUT2D eigenvalue weighted by Crippen LogP contribution is 2.35. The number of sulfonamides is 1. The number of aromatic nitrogens is 3. The smallest absolute Gasteiger partial charge is 0.323 e. The maximum atomic E-state index is 15.1. The number of fused-ring (bicyclic) bond motifs is 2. The van der Waals surface area contributed by atoms with E-state index in [4.69, 9.17) is 17.3 Å². The minimum Gasteiger partial charge on any atom is -0.323 e. The summed E-state index contributed by atoms with van der Waals surface area (Å²) in [7, 11) is -2.42. The van der Waals surface area contributed by atoms with Crippen LogP contribution in [0.25, 0.3) is 0 Å². The van der Waals surface area contributed by atoms with Gasteiger partial charge in [0.2, 0.25) is 15.9 Å². The largest absolute Gasteiger partial charge is 0.433 e. The van der Waals surface area contributed by atoms with Crippen molar-refractivity contribution in [3.05, 3.63) is 75.8 Å². The van der Waals surface area contributed by atoms with Crippen LogP contribution in [0.4, 0.5) is 27.6 Å². The number of aryl methyl sites for hydroxylation is 1. The number of benzene rings is 1. The molecule has 0 aliphatic carbocycles. The van der Waals surface area contributed by atoms with E-state index >= 15 is 4.39 Å². The zero-order valence-electron chi connectivity index (χ0n) is 24.0. The summed E-state index contributed by atoms with van der Waals surface area (Å²) >= 11 is 5.80. The van der Waals surface area contributed by atoms with Gasteiger partial charge in [-0.1, -0.05) is 17.7 Å². The summed E-state index contributed by atoms with van der Waals surface area (Å²) in [6.45, 7) is 0.701. The van der Waals surface area contributed by atoms with E-state index in [2.05, 4.69) is 20.7 Å². The van der Waals surface area contributed by atoms with Gasteiger partial charge in [-0.2, -0.15) is 22.6 Å². The fourth-order valence-electron chi connectivity index (χ4n) is 5.92. The van der Waals surface area contributed by atoms with Gasteiger partial charge in [0.1, 0.15) is 17.3 Å². The summed E-state index contributed by atoms with van der Waals surface area (Å²) < 4.78 is 98.0. The number of alkyl halides is 3. The van der Waals surface area contributed by atoms with Crippen molar-refractivity contribution in [3.63, 3.8) is 0 Å². The molecule has 4 heterocycles. The van der Waals surface area contributed by atoms with Gasteiger partial charge in [0.15, 0.2) is 0 Å². The molecule has 4 N–H and O–H groups in total. The Morgan fingerprint density at radius 1 is 1.22 bits per heavy atom. The maximum absolute atomic E-state index is 15.1. The molecule has 1 aromatic carbocycles. The van der Waals surface area contributed by atoms with E-state index in [1.54, 1.807) is 0 Å². The fourth-order valence-corrected chi connectivity index (χ4v) is 7.85. The van der Waals surface area contributed by atoms with Gasteiger partial charge in [0, 0.05) is 37.8 Å². The molecule has 0 spiro atoms. The van der Waals surface area contributed by atoms with Crippen molar-refractivity contribution in [2.75, 3.05) is 24.2 Å². The molecule has 1 amide bonds. The van der Waals surface area contributed by atoms with Gasteiger partial charge in [0.25, 0.3) is 0 Å². The summed E-state index contributed by atoms with van der Waals surface area (Å²) in [5, 5.41) is 9.53. The van der Waals surface area contributed by atoms with E-state index in [-0.39, 0.29) is 52.2 Å². The van der Waals surface area contributed by atoms with Gasteiger partial charge in [0.05, 0.1) is 46.5 Å². The molecule has 2 aliphatic heterocycles. The molecule has 2 fully saturated rings. The lowest BCUT2D eigenvalue weighted by molar-refractivity contribution is -0.143. The third kappa shape index (κ3) is 7.14. The van der Waals surface area contributed by atoms with Crippen molar-refractivity contribution in [2.24, 2.45) is 12.8 Å². The second kappa shape index (κ2) is 12.9. The highest BCUT2D eigenvalue weighted by atomic mass is 35.5. The Morgan fingerprint density at radius 3 is 2.67 bits per heavy atom. The Kier molecular flexibility index (Phi) is 9.52. The Bertz CT molecular complexity index is 1690. The van der Waals surface area contributed by atoms with Crippen molar-refractivity contribution >= 4 is 33.2 Å². The molecule has 3 aromatic rings. The van der Waals surface area contributed by atoms with Crippen LogP contribution in [0, 0.1) is 11.6 Å². The molecule has 10 nitrogen and oxygen atoms in total. The van der Waals surface area contributed by atoms with Crippen molar-refractivity contribution in [3.8, 4) is 0 Å². The van der Waals surface area contributed by atoms with Gasteiger partial charge >= 0.3 is 6.18 Å². The van der Waals surface area contributed by atoms with E-state index in [1.807, 2.05) is 0 Å². The van der Waals surface area contributed by atoms with Crippen molar-refractivity contribution < 1.29 is 35.2 Å². The van der Waals surface area contributed by atoms with E-state index < -0.39 is 57.4 Å². The zero-order chi connectivity index (χ0) is 32.7. The van der Waals surface area contributed by atoms with Crippen LogP contribution in [0.2, 0.25) is 5.02 Å². The summed E-state index contributed by atoms with van der Waals surface area (Å²) in [6.07, 6.45) is -1.09. The standard InChI is InChI=1S/C28H31ClF5N7O3S/c1-40-24(28(32,33)34)10-22(39-40)25(15-4-7-19(29)20(30)9-15)26(35)27(42)38-23-13-36-12-21(31)18(23)6-5-17-11-37-16-3-2-8-45(43,44)41(17)14-16/h4,7,9-10,12-13,16-17,25-26,37H,2-3,5-6,8,11,14,35H2,1H3,(H,38,42)/t16-,17+,25+,26+/m1/s1. The van der Waals surface area contributed by atoms with Gasteiger partial charge < -0.3 is 16.4 Å². The second-order valence-electron chi connectivity index (χ2n) is 11.2. The van der Waals surface area contributed by atoms with E-state index in [1.165, 1.54) is 22.6 Å². The number of amides is 1. The number of pyridine rings is 1. The Labute approximate surface area is 261 Å². The first-order chi connectivity index (χ1) is 21.2. The number of carbonyl (C=O) groups excluding carboxylic acids is 1. The zero-order valence-corrected chi connectivity index (χ0v) is 25.6. The average Bonchev–Trinajstić information content (AvgIpc) is 3.31. The Hall–Kier alpha value is -3.18. The fraction of sp³-hybridized carbons (Fsp3) is 0.464. The lowest BCUT2D eigenvalue weighted by Crippen LogP contribution is -2.57. The molecule has 1 unspecified atom stereocenters. The van der Waals surface area contributed by atoms with Crippen LogP contribution in [0.3, 0.4) is 0 Å². The van der Waals surface area contributed by atoms with Crippen LogP contribution in [0.1, 0.15) is 47.7 Å². The van der Waals surface area contributed by atoms with Gasteiger partial charge in [-0.15, -0.1) is 0 Å². The van der Waals surface area contributed by atoms with Crippen LogP contribution >= 0.6 is 11.6 Å². The quantitative estimate of drug-likeness (QED) is 0.311. The van der Waals surface area contributed by atoms with Gasteiger partial charge in [-0.05, 0) is 49.4 Å². The lowest BCUT2D eigenvalue weighted by Gasteiger charge is -2.37. The Balaban J connectivity index is 1.40. The molecule has 2 aliphatic rings. The molecule has 244 valence electrons. The molecule has 0 saturated carbocycles. The molecular formula is C28H31ClF5N7O3S. The first-order valence-corrected chi connectivity index (χ1v) is 16.1. The first kappa shape index (κ1) is 33.2. The number of hydrogen-bond acceptors (Lipinski definition) is 7. The van der Waals surface area contributed by atoms with Crippen LogP contribution in [-0.4, -0.2) is 70.4 Å². The molecule has 5 rings (SSSR count). The number of halogens is 6. The number of anilines is 1. The van der Waals surface area contributed by atoms with Gasteiger partial charge in [-0.25, -0.2) is 17.2 Å². The molecule has 2 aromatic heterocycles. The molecule has 2 saturated heterocycles. The third-order valence-electron chi connectivity index (χ3n) is 8.22. The minimum absolute atomic E-state index is 0.0310. The number of rotatable bonds is 8. The molecule has 5 atom stereocenters. The SMILES string of the molecule is Cn1nc([C@H](c2ccc(Cl)c(F)c2)[C@H](N)C(=O)Nc2cncc(F)c2CC[C@H]2CN[C@@H]3CCCS(=O)(=O)N2C3)cc1C(F)(F)F. The molecular weight excluding hydrogens is 645 g/mol. The number of hydrogen-bond donors (Lipinski definition) is 3. The molecule has 17 heteroatoms. The van der Waals surface area contributed by atoms with Gasteiger partial charge in [-0.3, -0.25) is 14.5 Å². The number of piperazine rings is 1. The minimum atomic E-state index is -4.77. The number of nitrogens with zero attached hydrogens (tertiary/aromatic N) is 4. The maximum Gasteiger partial charge on any atom is 0.433 e. The monoisotopic (exact) mass is 675 g/mol. The number of carbonyl (C=O) groups is 1. The predicted molar refractivity (Wildman–Crippen MR) is 156 cm³/mol. The van der Waals surface area contributed by atoms with Crippen LogP contribution in [-0.2, 0) is 34.5 Å². The topological polar surface area (TPSA) is 135 Å². The summed E-state index contributed by atoms with van der Waals surface area (Å²) in [6, 6.07) is 2.15. The van der Waals surface area contributed by atoms with Crippen molar-refractivity contribution in [1.82, 2.24) is 24.4 Å². The van der Waals surface area contributed by atoms with Crippen molar-refractivity contribution in [1.29, 1.82) is 0 Å². The summed E-state index contributed by atoms with van der Waals surface area (Å²) in [5.74, 6) is -3.90. The van der Waals surface area contributed by atoms with E-state index in [9.17, 15) is 30.8 Å². The second-order valence-corrected chi connectivity index (χ2v) is 13.7. The molecule has 2 bridgehead atoms. The molecule has 45 heavy (non-hydrogen) atoms. The lowest BCUT2D eigenvalue weighted by atomic mass is 9.88. The van der Waals surface area contributed by atoms with Crippen LogP contribution in [0.15, 0.2) is 36.7 Å². The van der Waals surface area contributed by atoms with E-state index in [0.29, 0.717) is 24.2 Å². The Morgan fingerprint density at radius 2 is 1.98 bits per heavy atom. The third-order valence-corrected chi connectivity index (χ3v) is 10.5.